The third-order valence-corrected chi connectivity index (χ3v) is 8.84. The number of hydrazone groups is 1. The first-order valence-corrected chi connectivity index (χ1v) is 14.6. The fourth-order valence-electron chi connectivity index (χ4n) is 4.30. The van der Waals surface area contributed by atoms with Crippen molar-refractivity contribution in [3.8, 4) is 5.69 Å². The van der Waals surface area contributed by atoms with Crippen LogP contribution in [-0.4, -0.2) is 41.5 Å². The minimum Gasteiger partial charge on any atom is -0.378 e. The number of halogens is 1. The monoisotopic (exact) mass is 595 g/mol. The lowest BCUT2D eigenvalue weighted by Crippen LogP contribution is -2.24. The fraction of sp³-hybridized carbons (Fsp3) is 0.259. The summed E-state index contributed by atoms with van der Waals surface area (Å²) in [5.41, 5.74) is 6.35. The summed E-state index contributed by atoms with van der Waals surface area (Å²) >= 11 is 6.31. The van der Waals surface area contributed by atoms with Gasteiger partial charge in [0, 0.05) is 29.1 Å². The van der Waals surface area contributed by atoms with E-state index < -0.39 is 0 Å². The lowest BCUT2D eigenvalue weighted by molar-refractivity contribution is -0.118. The summed E-state index contributed by atoms with van der Waals surface area (Å²) in [7, 11) is 3.97. The Morgan fingerprint density at radius 2 is 1.89 bits per heavy atom. The minimum atomic E-state index is -0.270. The Kier molecular flexibility index (Phi) is 7.78. The van der Waals surface area contributed by atoms with E-state index in [1.165, 1.54) is 16.6 Å². The molecule has 1 aliphatic carbocycles. The predicted octanol–water partition coefficient (Wildman–Crippen LogP) is 5.40. The summed E-state index contributed by atoms with van der Waals surface area (Å²) in [6.45, 7) is 0. The number of nitrogens with zero attached hydrogens (tertiary/aromatic N) is 4. The first kappa shape index (κ1) is 25.7. The van der Waals surface area contributed by atoms with Crippen LogP contribution in [0.4, 0.5) is 5.69 Å². The van der Waals surface area contributed by atoms with Gasteiger partial charge in [0.2, 0.25) is 0 Å². The molecule has 1 aliphatic rings. The quantitative estimate of drug-likeness (QED) is 0.134. The lowest BCUT2D eigenvalue weighted by atomic mass is 9.97. The van der Waals surface area contributed by atoms with Crippen LogP contribution in [0.1, 0.15) is 28.8 Å². The lowest BCUT2D eigenvalue weighted by Gasteiger charge is -2.13. The first-order valence-electron chi connectivity index (χ1n) is 12.0. The van der Waals surface area contributed by atoms with Crippen molar-refractivity contribution < 1.29 is 4.79 Å². The molecular weight excluding hydrogens is 570 g/mol. The number of thiophene rings is 1. The van der Waals surface area contributed by atoms with E-state index in [4.69, 9.17) is 4.98 Å². The number of anilines is 1. The van der Waals surface area contributed by atoms with Crippen LogP contribution in [0.25, 0.3) is 15.9 Å². The summed E-state index contributed by atoms with van der Waals surface area (Å²) in [6.07, 6.45) is 5.75. The van der Waals surface area contributed by atoms with Gasteiger partial charge in [-0.05, 0) is 73.2 Å². The maximum atomic E-state index is 13.8. The molecule has 10 heteroatoms. The third-order valence-electron chi connectivity index (χ3n) is 6.19. The van der Waals surface area contributed by atoms with Crippen LogP contribution in [0.15, 0.2) is 68.1 Å². The molecule has 2 heterocycles. The zero-order valence-electron chi connectivity index (χ0n) is 20.5. The highest BCUT2D eigenvalue weighted by Crippen LogP contribution is 2.35. The van der Waals surface area contributed by atoms with Gasteiger partial charge in [-0.2, -0.15) is 5.10 Å². The Hall–Kier alpha value is -2.95. The molecule has 0 atom stereocenters. The molecule has 1 amide bonds. The number of thioether (sulfide) groups is 1. The Morgan fingerprint density at radius 3 is 2.62 bits per heavy atom. The van der Waals surface area contributed by atoms with Crippen LogP contribution in [-0.2, 0) is 17.6 Å². The number of aryl methyl sites for hydroxylation is 2. The number of nitrogens with one attached hydrogen (secondary N) is 1. The van der Waals surface area contributed by atoms with Gasteiger partial charge in [0.05, 0.1) is 23.0 Å². The number of benzene rings is 2. The van der Waals surface area contributed by atoms with Gasteiger partial charge in [-0.25, -0.2) is 10.4 Å². The molecule has 0 unspecified atom stereocenters. The van der Waals surface area contributed by atoms with Crippen LogP contribution in [0.2, 0.25) is 0 Å². The van der Waals surface area contributed by atoms with Crippen molar-refractivity contribution in [2.45, 2.75) is 30.8 Å². The summed E-state index contributed by atoms with van der Waals surface area (Å²) in [5, 5.41) is 5.31. The van der Waals surface area contributed by atoms with Gasteiger partial charge in [0.25, 0.3) is 11.5 Å². The van der Waals surface area contributed by atoms with E-state index in [1.54, 1.807) is 22.1 Å². The van der Waals surface area contributed by atoms with Crippen LogP contribution < -0.4 is 15.9 Å². The predicted molar refractivity (Wildman–Crippen MR) is 157 cm³/mol. The third kappa shape index (κ3) is 5.66. The van der Waals surface area contributed by atoms with Gasteiger partial charge in [-0.3, -0.25) is 14.2 Å². The molecule has 0 spiro atoms. The van der Waals surface area contributed by atoms with Gasteiger partial charge in [-0.15, -0.1) is 11.3 Å². The Bertz CT molecular complexity index is 1530. The van der Waals surface area contributed by atoms with E-state index in [0.29, 0.717) is 5.16 Å². The zero-order chi connectivity index (χ0) is 25.9. The topological polar surface area (TPSA) is 79.6 Å². The number of amides is 1. The maximum Gasteiger partial charge on any atom is 0.267 e. The molecule has 0 saturated carbocycles. The molecule has 37 heavy (non-hydrogen) atoms. The van der Waals surface area contributed by atoms with Crippen LogP contribution in [0.3, 0.4) is 0 Å². The van der Waals surface area contributed by atoms with Gasteiger partial charge in [0.1, 0.15) is 4.83 Å². The smallest absolute Gasteiger partial charge is 0.267 e. The van der Waals surface area contributed by atoms with E-state index in [1.807, 2.05) is 67.5 Å². The van der Waals surface area contributed by atoms with E-state index in [-0.39, 0.29) is 17.2 Å². The van der Waals surface area contributed by atoms with Crippen LogP contribution >= 0.6 is 39.0 Å². The highest BCUT2D eigenvalue weighted by Gasteiger charge is 2.23. The molecule has 0 radical (unpaired) electrons. The highest BCUT2D eigenvalue weighted by atomic mass is 79.9. The van der Waals surface area contributed by atoms with Crippen molar-refractivity contribution >= 4 is 67.1 Å². The summed E-state index contributed by atoms with van der Waals surface area (Å²) < 4.78 is 2.55. The second-order valence-electron chi connectivity index (χ2n) is 8.97. The standard InChI is InChI=1S/C27H26BrN5O2S2/c1-32(2)19-11-7-17(8-12-19)15-29-31-23(34)16-36-27-30-25-24(21-5-3-4-6-22(21)37-25)26(35)33(27)20-13-9-18(28)10-14-20/h7-15H,3-6,16H2,1-2H3,(H,31,34). The molecule has 2 aromatic carbocycles. The molecule has 0 fully saturated rings. The Morgan fingerprint density at radius 1 is 1.16 bits per heavy atom. The van der Waals surface area contributed by atoms with Gasteiger partial charge in [0.15, 0.2) is 5.16 Å². The van der Waals surface area contributed by atoms with Crippen molar-refractivity contribution in [2.24, 2.45) is 5.10 Å². The molecule has 7 nitrogen and oxygen atoms in total. The number of hydrogen-bond acceptors (Lipinski definition) is 7. The second-order valence-corrected chi connectivity index (χ2v) is 11.9. The van der Waals surface area contributed by atoms with E-state index >= 15 is 0 Å². The molecule has 5 rings (SSSR count). The summed E-state index contributed by atoms with van der Waals surface area (Å²) in [5.74, 6) is -0.190. The normalized spacial score (nSPS) is 13.2. The molecule has 2 aromatic heterocycles. The van der Waals surface area contributed by atoms with Crippen molar-refractivity contribution in [1.29, 1.82) is 0 Å². The first-order chi connectivity index (χ1) is 17.9. The number of carbonyl (C=O) groups is 1. The molecule has 1 N–H and O–H groups in total. The van der Waals surface area contributed by atoms with Crippen LogP contribution in [0, 0.1) is 0 Å². The van der Waals surface area contributed by atoms with Gasteiger partial charge < -0.3 is 4.90 Å². The highest BCUT2D eigenvalue weighted by molar-refractivity contribution is 9.10. The fourth-order valence-corrected chi connectivity index (χ4v) is 6.67. The molecule has 190 valence electrons. The Balaban J connectivity index is 1.38. The molecule has 0 saturated heterocycles. The number of hydrogen-bond donors (Lipinski definition) is 1. The van der Waals surface area contributed by atoms with E-state index in [2.05, 4.69) is 26.5 Å². The maximum absolute atomic E-state index is 13.8. The van der Waals surface area contributed by atoms with Crippen LogP contribution in [0.5, 0.6) is 0 Å². The van der Waals surface area contributed by atoms with Crippen molar-refractivity contribution in [3.05, 3.63) is 79.4 Å². The second kappa shape index (κ2) is 11.2. The average molecular weight is 597 g/mol. The number of fused-ring (bicyclic) bond motifs is 3. The van der Waals surface area contributed by atoms with E-state index in [0.717, 1.165) is 62.9 Å². The number of carbonyl (C=O) groups excluding carboxylic acids is 1. The van der Waals surface area contributed by atoms with E-state index in [9.17, 15) is 9.59 Å². The molecule has 4 aromatic rings. The largest absolute Gasteiger partial charge is 0.378 e. The molecule has 0 bridgehead atoms. The molecular formula is C27H26BrN5O2S2. The number of aromatic nitrogens is 2. The zero-order valence-corrected chi connectivity index (χ0v) is 23.8. The van der Waals surface area contributed by atoms with Gasteiger partial charge >= 0.3 is 0 Å². The van der Waals surface area contributed by atoms with Gasteiger partial charge in [-0.1, -0.05) is 39.8 Å². The summed E-state index contributed by atoms with van der Waals surface area (Å²) in [6, 6.07) is 15.4. The number of rotatable bonds is 7. The molecule has 0 aliphatic heterocycles. The van der Waals surface area contributed by atoms with Crippen molar-refractivity contribution in [2.75, 3.05) is 24.7 Å². The van der Waals surface area contributed by atoms with Crippen molar-refractivity contribution in [1.82, 2.24) is 15.0 Å². The Labute approximate surface area is 231 Å². The van der Waals surface area contributed by atoms with Crippen molar-refractivity contribution in [3.63, 3.8) is 0 Å². The minimum absolute atomic E-state index is 0.0752. The average Bonchev–Trinajstić information content (AvgIpc) is 3.27. The SMILES string of the molecule is CN(C)c1ccc(C=NNC(=O)CSc2nc3sc4c(c3c(=O)n2-c2ccc(Br)cc2)CCCC4)cc1. The summed E-state index contributed by atoms with van der Waals surface area (Å²) in [4.78, 5) is 35.3.